The van der Waals surface area contributed by atoms with Crippen LogP contribution in [-0.2, 0) is 0 Å². The summed E-state index contributed by atoms with van der Waals surface area (Å²) in [5, 5.41) is 4.42. The quantitative estimate of drug-likeness (QED) is 0.488. The van der Waals surface area contributed by atoms with E-state index in [1.165, 1.54) is 27.1 Å². The van der Waals surface area contributed by atoms with Crippen molar-refractivity contribution in [1.82, 2.24) is 4.98 Å². The number of hydrogen-bond acceptors (Lipinski definition) is 3. The maximum atomic E-state index is 4.85. The molecule has 3 aromatic rings. The molecule has 0 spiro atoms. The molecule has 1 heterocycles. The van der Waals surface area contributed by atoms with Crippen LogP contribution in [0, 0.1) is 26.2 Å². The average Bonchev–Trinajstić information content (AvgIpc) is 3.12. The van der Waals surface area contributed by atoms with E-state index in [9.17, 15) is 0 Å². The number of thiazole rings is 1. The molecule has 0 atom stereocenters. The minimum atomic E-state index is 0.847. The normalized spacial score (nSPS) is 9.89. The number of aryl methyl sites for hydroxylation is 2. The SMILES string of the molecule is C#CCC.CCCNc1nc(-c2ccc(C)cc2)c(-c2ccc(C)cc2)s1. The van der Waals surface area contributed by atoms with Gasteiger partial charge in [-0.05, 0) is 25.8 Å². The highest BCUT2D eigenvalue weighted by atomic mass is 32.1. The Balaban J connectivity index is 0.000000596. The first-order valence-corrected chi connectivity index (χ1v) is 10.2. The number of terminal acetylenes is 1. The van der Waals surface area contributed by atoms with Gasteiger partial charge in [0.15, 0.2) is 5.13 Å². The minimum Gasteiger partial charge on any atom is -0.361 e. The first-order valence-electron chi connectivity index (χ1n) is 9.41. The molecule has 140 valence electrons. The zero-order chi connectivity index (χ0) is 19.6. The van der Waals surface area contributed by atoms with Crippen molar-refractivity contribution in [2.45, 2.75) is 40.5 Å². The fraction of sp³-hybridized carbons (Fsp3) is 0.292. The van der Waals surface area contributed by atoms with Crippen LogP contribution >= 0.6 is 11.3 Å². The minimum absolute atomic E-state index is 0.847. The van der Waals surface area contributed by atoms with E-state index >= 15 is 0 Å². The van der Waals surface area contributed by atoms with E-state index in [4.69, 9.17) is 11.4 Å². The first-order chi connectivity index (χ1) is 13.1. The number of benzene rings is 2. The lowest BCUT2D eigenvalue weighted by atomic mass is 10.0. The zero-order valence-electron chi connectivity index (χ0n) is 16.7. The lowest BCUT2D eigenvalue weighted by Gasteiger charge is -2.04. The van der Waals surface area contributed by atoms with Crippen LogP contribution in [0.4, 0.5) is 5.13 Å². The molecular weight excluding hydrogens is 348 g/mol. The highest BCUT2D eigenvalue weighted by Gasteiger charge is 2.14. The summed E-state index contributed by atoms with van der Waals surface area (Å²) in [5.41, 5.74) is 6.02. The van der Waals surface area contributed by atoms with Gasteiger partial charge in [0.05, 0.1) is 10.6 Å². The zero-order valence-corrected chi connectivity index (χ0v) is 17.5. The Labute approximate surface area is 167 Å². The molecule has 0 amide bonds. The molecule has 3 rings (SSSR count). The summed E-state index contributed by atoms with van der Waals surface area (Å²) in [5.74, 6) is 2.43. The fourth-order valence-electron chi connectivity index (χ4n) is 2.44. The molecule has 0 aliphatic rings. The molecule has 2 nitrogen and oxygen atoms in total. The number of nitrogens with one attached hydrogen (secondary N) is 1. The van der Waals surface area contributed by atoms with E-state index in [0.29, 0.717) is 0 Å². The Morgan fingerprint density at radius 2 is 1.44 bits per heavy atom. The third-order valence-electron chi connectivity index (χ3n) is 4.00. The number of anilines is 1. The molecule has 0 fully saturated rings. The predicted octanol–water partition coefficient (Wildman–Crippen LogP) is 6.95. The molecule has 0 saturated carbocycles. The molecular formula is C24H28N2S. The standard InChI is InChI=1S/C20H22N2S.C4H6/c1-4-13-21-20-22-18(16-9-5-14(2)6-10-16)19(23-20)17-11-7-15(3)8-12-17;1-3-4-2/h5-12H,4,13H2,1-3H3,(H,21,22);1H,4H2,2H3. The van der Waals surface area contributed by atoms with Gasteiger partial charge in [-0.1, -0.05) is 84.8 Å². The molecule has 0 aliphatic carbocycles. The number of hydrogen-bond donors (Lipinski definition) is 1. The van der Waals surface area contributed by atoms with Gasteiger partial charge in [0.1, 0.15) is 0 Å². The molecule has 27 heavy (non-hydrogen) atoms. The van der Waals surface area contributed by atoms with Crippen LogP contribution in [0.15, 0.2) is 48.5 Å². The highest BCUT2D eigenvalue weighted by molar-refractivity contribution is 7.19. The number of nitrogens with zero attached hydrogens (tertiary/aromatic N) is 1. The van der Waals surface area contributed by atoms with Crippen molar-refractivity contribution in [1.29, 1.82) is 0 Å². The molecule has 3 heteroatoms. The van der Waals surface area contributed by atoms with Gasteiger partial charge in [-0.2, -0.15) is 0 Å². The van der Waals surface area contributed by atoms with E-state index in [1.54, 1.807) is 11.3 Å². The van der Waals surface area contributed by atoms with Crippen LogP contribution < -0.4 is 5.32 Å². The summed E-state index contributed by atoms with van der Waals surface area (Å²) < 4.78 is 0. The Hall–Kier alpha value is -2.57. The van der Waals surface area contributed by atoms with Crippen LogP contribution in [0.25, 0.3) is 21.7 Å². The molecule has 0 aliphatic heterocycles. The second-order valence-electron chi connectivity index (χ2n) is 6.41. The van der Waals surface area contributed by atoms with Gasteiger partial charge in [0.25, 0.3) is 0 Å². The Kier molecular flexibility index (Phi) is 8.10. The van der Waals surface area contributed by atoms with E-state index in [0.717, 1.165) is 30.2 Å². The molecule has 2 aromatic carbocycles. The van der Waals surface area contributed by atoms with Gasteiger partial charge in [0.2, 0.25) is 0 Å². The van der Waals surface area contributed by atoms with Crippen LogP contribution in [-0.4, -0.2) is 11.5 Å². The van der Waals surface area contributed by atoms with Crippen molar-refractivity contribution in [3.05, 3.63) is 59.7 Å². The van der Waals surface area contributed by atoms with Crippen LogP contribution in [0.1, 0.15) is 37.8 Å². The molecule has 1 aromatic heterocycles. The van der Waals surface area contributed by atoms with Crippen LogP contribution in [0.5, 0.6) is 0 Å². The molecule has 0 bridgehead atoms. The summed E-state index contributed by atoms with van der Waals surface area (Å²) in [7, 11) is 0. The van der Waals surface area contributed by atoms with Gasteiger partial charge >= 0.3 is 0 Å². The monoisotopic (exact) mass is 376 g/mol. The molecule has 1 N–H and O–H groups in total. The van der Waals surface area contributed by atoms with Gasteiger partial charge in [-0.15, -0.1) is 12.3 Å². The molecule has 0 radical (unpaired) electrons. The van der Waals surface area contributed by atoms with Crippen molar-refractivity contribution in [3.8, 4) is 34.0 Å². The summed E-state index contributed by atoms with van der Waals surface area (Å²) in [6.07, 6.45) is 6.72. The molecule has 0 saturated heterocycles. The van der Waals surface area contributed by atoms with Crippen LogP contribution in [0.3, 0.4) is 0 Å². The van der Waals surface area contributed by atoms with E-state index < -0.39 is 0 Å². The largest absolute Gasteiger partial charge is 0.361 e. The number of rotatable bonds is 5. The predicted molar refractivity (Wildman–Crippen MR) is 120 cm³/mol. The third kappa shape index (κ3) is 5.98. The second kappa shape index (κ2) is 10.5. The lowest BCUT2D eigenvalue weighted by molar-refractivity contribution is 0.976. The van der Waals surface area contributed by atoms with Gasteiger partial charge < -0.3 is 5.32 Å². The summed E-state index contributed by atoms with van der Waals surface area (Å²) in [4.78, 5) is 6.08. The Morgan fingerprint density at radius 1 is 0.926 bits per heavy atom. The van der Waals surface area contributed by atoms with Crippen molar-refractivity contribution >= 4 is 16.5 Å². The maximum absolute atomic E-state index is 4.85. The summed E-state index contributed by atoms with van der Waals surface area (Å²) in [6.45, 7) is 9.29. The second-order valence-corrected chi connectivity index (χ2v) is 7.41. The van der Waals surface area contributed by atoms with Crippen LogP contribution in [0.2, 0.25) is 0 Å². The van der Waals surface area contributed by atoms with E-state index in [-0.39, 0.29) is 0 Å². The maximum Gasteiger partial charge on any atom is 0.183 e. The Morgan fingerprint density at radius 3 is 1.93 bits per heavy atom. The third-order valence-corrected chi connectivity index (χ3v) is 5.06. The van der Waals surface area contributed by atoms with Gasteiger partial charge in [-0.25, -0.2) is 4.98 Å². The van der Waals surface area contributed by atoms with E-state index in [2.05, 4.69) is 80.5 Å². The van der Waals surface area contributed by atoms with Crippen molar-refractivity contribution < 1.29 is 0 Å². The highest BCUT2D eigenvalue weighted by Crippen LogP contribution is 2.39. The molecule has 0 unspecified atom stereocenters. The van der Waals surface area contributed by atoms with Crippen molar-refractivity contribution in [2.75, 3.05) is 11.9 Å². The fourth-order valence-corrected chi connectivity index (χ4v) is 3.45. The van der Waals surface area contributed by atoms with Gasteiger partial charge in [0, 0.05) is 18.5 Å². The topological polar surface area (TPSA) is 24.9 Å². The average molecular weight is 377 g/mol. The Bertz CT molecular complexity index is 805. The summed E-state index contributed by atoms with van der Waals surface area (Å²) in [6, 6.07) is 17.3. The lowest BCUT2D eigenvalue weighted by Crippen LogP contribution is -1.98. The van der Waals surface area contributed by atoms with Gasteiger partial charge in [-0.3, -0.25) is 0 Å². The van der Waals surface area contributed by atoms with Crippen molar-refractivity contribution in [3.63, 3.8) is 0 Å². The first kappa shape index (κ1) is 20.7. The van der Waals surface area contributed by atoms with E-state index in [1.807, 2.05) is 6.92 Å². The summed E-state index contributed by atoms with van der Waals surface area (Å²) >= 11 is 1.74. The smallest absolute Gasteiger partial charge is 0.183 e. The number of aromatic nitrogens is 1. The van der Waals surface area contributed by atoms with Crippen molar-refractivity contribution in [2.24, 2.45) is 0 Å².